The molecule has 0 bridgehead atoms. The zero-order chi connectivity index (χ0) is 15.0. The molecule has 21 heavy (non-hydrogen) atoms. The van der Waals surface area contributed by atoms with Crippen molar-refractivity contribution >= 4 is 5.78 Å². The van der Waals surface area contributed by atoms with Crippen LogP contribution in [0.4, 0.5) is 0 Å². The van der Waals surface area contributed by atoms with E-state index in [9.17, 15) is 4.79 Å². The Morgan fingerprint density at radius 1 is 1.19 bits per heavy atom. The molecule has 0 aromatic heterocycles. The largest absolute Gasteiger partial charge is 0.496 e. The highest BCUT2D eigenvalue weighted by atomic mass is 16.5. The summed E-state index contributed by atoms with van der Waals surface area (Å²) in [5.41, 5.74) is 3.77. The first kappa shape index (κ1) is 13.7. The molecule has 0 spiro atoms. The van der Waals surface area contributed by atoms with Crippen molar-refractivity contribution in [2.24, 2.45) is 0 Å². The fourth-order valence-electron chi connectivity index (χ4n) is 3.00. The van der Waals surface area contributed by atoms with E-state index < -0.39 is 0 Å². The lowest BCUT2D eigenvalue weighted by Gasteiger charge is -2.27. The Kier molecular flexibility index (Phi) is 3.42. The van der Waals surface area contributed by atoms with E-state index in [1.54, 1.807) is 7.11 Å². The van der Waals surface area contributed by atoms with Crippen LogP contribution in [0.3, 0.4) is 0 Å². The maximum Gasteiger partial charge on any atom is 0.177 e. The van der Waals surface area contributed by atoms with Crippen LogP contribution in [0.1, 0.15) is 33.0 Å². The maximum absolute atomic E-state index is 12.8. The van der Waals surface area contributed by atoms with Gasteiger partial charge in [0.1, 0.15) is 18.1 Å². The van der Waals surface area contributed by atoms with Crippen LogP contribution in [-0.2, 0) is 0 Å². The first-order valence-electron chi connectivity index (χ1n) is 7.03. The first-order chi connectivity index (χ1) is 10.1. The zero-order valence-corrected chi connectivity index (χ0v) is 12.5. The van der Waals surface area contributed by atoms with Gasteiger partial charge in [-0.1, -0.05) is 18.2 Å². The van der Waals surface area contributed by atoms with Gasteiger partial charge in [0.15, 0.2) is 5.78 Å². The Morgan fingerprint density at radius 2 is 1.95 bits per heavy atom. The van der Waals surface area contributed by atoms with Crippen LogP contribution < -0.4 is 9.47 Å². The standard InChI is InChI=1S/C18H18O3/c1-11-8-12(2)17(16(9-11)20-3)14-10-21-15-7-5-4-6-13(15)18(14)19/h4-9,14H,10H2,1-3H3/t14-/m0/s1. The van der Waals surface area contributed by atoms with Gasteiger partial charge in [0.05, 0.1) is 18.6 Å². The summed E-state index contributed by atoms with van der Waals surface area (Å²) in [6.07, 6.45) is 0. The van der Waals surface area contributed by atoms with Crippen LogP contribution in [0.25, 0.3) is 0 Å². The number of Topliss-reactive ketones (excluding diaryl/α,β-unsaturated/α-hetero) is 1. The molecule has 0 amide bonds. The summed E-state index contributed by atoms with van der Waals surface area (Å²) in [5, 5.41) is 0. The van der Waals surface area contributed by atoms with Gasteiger partial charge in [-0.15, -0.1) is 0 Å². The van der Waals surface area contributed by atoms with Gasteiger partial charge in [-0.05, 0) is 43.2 Å². The van der Waals surface area contributed by atoms with Gasteiger partial charge in [0.2, 0.25) is 0 Å². The molecule has 3 nitrogen and oxygen atoms in total. The molecule has 0 fully saturated rings. The number of hydrogen-bond acceptors (Lipinski definition) is 3. The predicted octanol–water partition coefficient (Wildman–Crippen LogP) is 3.67. The van der Waals surface area contributed by atoms with Crippen LogP contribution in [-0.4, -0.2) is 19.5 Å². The maximum atomic E-state index is 12.8. The Balaban J connectivity index is 2.09. The molecule has 0 aliphatic carbocycles. The molecule has 1 atom stereocenters. The van der Waals surface area contributed by atoms with E-state index in [0.717, 1.165) is 22.4 Å². The quantitative estimate of drug-likeness (QED) is 0.843. The number of carbonyl (C=O) groups is 1. The minimum Gasteiger partial charge on any atom is -0.496 e. The molecular weight excluding hydrogens is 264 g/mol. The Bertz CT molecular complexity index is 704. The number of ether oxygens (including phenoxy) is 2. The first-order valence-corrected chi connectivity index (χ1v) is 7.03. The molecule has 0 radical (unpaired) electrons. The van der Waals surface area contributed by atoms with Crippen molar-refractivity contribution in [2.75, 3.05) is 13.7 Å². The Hall–Kier alpha value is -2.29. The molecule has 1 aliphatic rings. The minimum atomic E-state index is -0.310. The van der Waals surface area contributed by atoms with Crippen molar-refractivity contribution < 1.29 is 14.3 Å². The molecule has 108 valence electrons. The van der Waals surface area contributed by atoms with Gasteiger partial charge in [-0.3, -0.25) is 4.79 Å². The topological polar surface area (TPSA) is 35.5 Å². The van der Waals surface area contributed by atoms with E-state index in [2.05, 4.69) is 6.07 Å². The summed E-state index contributed by atoms with van der Waals surface area (Å²) in [7, 11) is 1.64. The molecule has 0 N–H and O–H groups in total. The van der Waals surface area contributed by atoms with Crippen LogP contribution in [0.15, 0.2) is 36.4 Å². The van der Waals surface area contributed by atoms with Gasteiger partial charge in [0, 0.05) is 5.56 Å². The molecule has 1 heterocycles. The summed E-state index contributed by atoms with van der Waals surface area (Å²) in [6, 6.07) is 11.4. The van der Waals surface area contributed by atoms with E-state index in [1.807, 2.05) is 44.2 Å². The van der Waals surface area contributed by atoms with Crippen molar-refractivity contribution in [3.8, 4) is 11.5 Å². The lowest BCUT2D eigenvalue weighted by molar-refractivity contribution is 0.0893. The number of ketones is 1. The van der Waals surface area contributed by atoms with Crippen molar-refractivity contribution in [3.63, 3.8) is 0 Å². The van der Waals surface area contributed by atoms with Gasteiger partial charge in [-0.25, -0.2) is 0 Å². The molecule has 3 heteroatoms. The number of aryl methyl sites for hydroxylation is 2. The fraction of sp³-hybridized carbons (Fsp3) is 0.278. The average Bonchev–Trinajstić information content (AvgIpc) is 2.48. The van der Waals surface area contributed by atoms with Crippen molar-refractivity contribution in [2.45, 2.75) is 19.8 Å². The van der Waals surface area contributed by atoms with Gasteiger partial charge in [0.25, 0.3) is 0 Å². The molecular formula is C18H18O3. The second kappa shape index (κ2) is 5.24. The van der Waals surface area contributed by atoms with E-state index in [1.165, 1.54) is 0 Å². The van der Waals surface area contributed by atoms with Crippen molar-refractivity contribution in [3.05, 3.63) is 58.7 Å². The third-order valence-corrected chi connectivity index (χ3v) is 3.94. The third kappa shape index (κ3) is 2.29. The van der Waals surface area contributed by atoms with Gasteiger partial charge >= 0.3 is 0 Å². The molecule has 2 aromatic carbocycles. The summed E-state index contributed by atoms with van der Waals surface area (Å²) in [5.74, 6) is 1.22. The molecule has 3 rings (SSSR count). The number of rotatable bonds is 2. The summed E-state index contributed by atoms with van der Waals surface area (Å²) >= 11 is 0. The van der Waals surface area contributed by atoms with Gasteiger partial charge < -0.3 is 9.47 Å². The predicted molar refractivity (Wildman–Crippen MR) is 81.5 cm³/mol. The highest BCUT2D eigenvalue weighted by molar-refractivity contribution is 6.04. The summed E-state index contributed by atoms with van der Waals surface area (Å²) in [6.45, 7) is 4.39. The van der Waals surface area contributed by atoms with Crippen LogP contribution in [0.5, 0.6) is 11.5 Å². The minimum absolute atomic E-state index is 0.0992. The average molecular weight is 282 g/mol. The van der Waals surface area contributed by atoms with Crippen molar-refractivity contribution in [1.82, 2.24) is 0 Å². The SMILES string of the molecule is COc1cc(C)cc(C)c1[C@@H]1COc2ccccc2C1=O. The van der Waals surface area contributed by atoms with E-state index in [0.29, 0.717) is 17.9 Å². The molecule has 0 saturated heterocycles. The zero-order valence-electron chi connectivity index (χ0n) is 12.5. The lowest BCUT2D eigenvalue weighted by atomic mass is 9.85. The smallest absolute Gasteiger partial charge is 0.177 e. The van der Waals surface area contributed by atoms with E-state index in [4.69, 9.17) is 9.47 Å². The second-order valence-corrected chi connectivity index (χ2v) is 5.42. The molecule has 0 saturated carbocycles. The monoisotopic (exact) mass is 282 g/mol. The Labute approximate surface area is 124 Å². The lowest BCUT2D eigenvalue weighted by Crippen LogP contribution is -2.27. The number of fused-ring (bicyclic) bond motifs is 1. The third-order valence-electron chi connectivity index (χ3n) is 3.94. The molecule has 1 aliphatic heterocycles. The number of methoxy groups -OCH3 is 1. The number of carbonyl (C=O) groups excluding carboxylic acids is 1. The number of para-hydroxylation sites is 1. The Morgan fingerprint density at radius 3 is 2.71 bits per heavy atom. The number of benzene rings is 2. The highest BCUT2D eigenvalue weighted by Crippen LogP contribution is 2.38. The van der Waals surface area contributed by atoms with Crippen LogP contribution in [0.2, 0.25) is 0 Å². The second-order valence-electron chi connectivity index (χ2n) is 5.42. The van der Waals surface area contributed by atoms with E-state index >= 15 is 0 Å². The van der Waals surface area contributed by atoms with Gasteiger partial charge in [-0.2, -0.15) is 0 Å². The number of hydrogen-bond donors (Lipinski definition) is 0. The van der Waals surface area contributed by atoms with Crippen molar-refractivity contribution in [1.29, 1.82) is 0 Å². The summed E-state index contributed by atoms with van der Waals surface area (Å²) in [4.78, 5) is 12.8. The fourth-order valence-corrected chi connectivity index (χ4v) is 3.00. The van der Waals surface area contributed by atoms with E-state index in [-0.39, 0.29) is 11.7 Å². The van der Waals surface area contributed by atoms with Crippen LogP contribution >= 0.6 is 0 Å². The molecule has 0 unspecified atom stereocenters. The molecule has 2 aromatic rings. The highest BCUT2D eigenvalue weighted by Gasteiger charge is 2.32. The van der Waals surface area contributed by atoms with Crippen LogP contribution in [0, 0.1) is 13.8 Å². The summed E-state index contributed by atoms with van der Waals surface area (Å²) < 4.78 is 11.3. The normalized spacial score (nSPS) is 17.1.